The average molecular weight is 369 g/mol. The minimum Gasteiger partial charge on any atom is -0.344 e. The van der Waals surface area contributed by atoms with Crippen molar-refractivity contribution in [3.05, 3.63) is 51.4 Å². The highest BCUT2D eigenvalue weighted by atomic mass is 127. The zero-order chi connectivity index (χ0) is 13.8. The smallest absolute Gasteiger partial charge is 0.271 e. The number of carbonyl (C=O) groups is 1. The molecule has 2 rings (SSSR count). The Morgan fingerprint density at radius 2 is 2.11 bits per heavy atom. The molecule has 0 aliphatic heterocycles. The molecule has 0 spiro atoms. The van der Waals surface area contributed by atoms with Crippen LogP contribution in [0.15, 0.2) is 36.5 Å². The lowest BCUT2D eigenvalue weighted by atomic mass is 10.0. The third-order valence-corrected chi connectivity index (χ3v) is 3.81. The molecule has 0 bridgehead atoms. The third kappa shape index (κ3) is 3.15. The SMILES string of the molecule is CCC(NC(=O)c1c(I)cnn1C)c1ccccc1. The van der Waals surface area contributed by atoms with Crippen LogP contribution in [0, 0.1) is 3.57 Å². The number of benzene rings is 1. The van der Waals surface area contributed by atoms with Crippen molar-refractivity contribution in [2.75, 3.05) is 0 Å². The molecule has 0 fully saturated rings. The molecule has 2 aromatic rings. The lowest BCUT2D eigenvalue weighted by Gasteiger charge is -2.17. The summed E-state index contributed by atoms with van der Waals surface area (Å²) in [5.74, 6) is -0.0832. The van der Waals surface area contributed by atoms with E-state index in [1.165, 1.54) is 0 Å². The van der Waals surface area contributed by atoms with E-state index in [1.807, 2.05) is 30.3 Å². The predicted molar refractivity (Wildman–Crippen MR) is 82.9 cm³/mol. The monoisotopic (exact) mass is 369 g/mol. The summed E-state index contributed by atoms with van der Waals surface area (Å²) in [6, 6.07) is 10.0. The first-order valence-electron chi connectivity index (χ1n) is 6.16. The van der Waals surface area contributed by atoms with Gasteiger partial charge in [0.2, 0.25) is 0 Å². The Morgan fingerprint density at radius 3 is 2.63 bits per heavy atom. The first kappa shape index (κ1) is 14.0. The number of rotatable bonds is 4. The number of amides is 1. The fraction of sp³-hybridized carbons (Fsp3) is 0.286. The van der Waals surface area contributed by atoms with Gasteiger partial charge in [0.25, 0.3) is 5.91 Å². The van der Waals surface area contributed by atoms with Crippen LogP contribution in [0.4, 0.5) is 0 Å². The Labute approximate surface area is 126 Å². The van der Waals surface area contributed by atoms with Crippen LogP contribution in [0.3, 0.4) is 0 Å². The summed E-state index contributed by atoms with van der Waals surface area (Å²) in [5.41, 5.74) is 1.73. The van der Waals surface area contributed by atoms with E-state index in [4.69, 9.17) is 0 Å². The third-order valence-electron chi connectivity index (χ3n) is 3.02. The molecule has 1 amide bonds. The van der Waals surface area contributed by atoms with E-state index >= 15 is 0 Å². The van der Waals surface area contributed by atoms with Crippen molar-refractivity contribution in [2.24, 2.45) is 7.05 Å². The van der Waals surface area contributed by atoms with E-state index in [0.717, 1.165) is 15.6 Å². The van der Waals surface area contributed by atoms with Crippen LogP contribution < -0.4 is 5.32 Å². The molecule has 1 atom stereocenters. The summed E-state index contributed by atoms with van der Waals surface area (Å²) in [4.78, 5) is 12.3. The van der Waals surface area contributed by atoms with Gasteiger partial charge in [-0.05, 0) is 34.6 Å². The molecule has 0 aliphatic rings. The van der Waals surface area contributed by atoms with E-state index in [1.54, 1.807) is 17.9 Å². The van der Waals surface area contributed by atoms with E-state index < -0.39 is 0 Å². The summed E-state index contributed by atoms with van der Waals surface area (Å²) in [6.07, 6.45) is 2.54. The van der Waals surface area contributed by atoms with Gasteiger partial charge >= 0.3 is 0 Å². The molecule has 1 heterocycles. The molecule has 1 aromatic heterocycles. The molecule has 4 nitrogen and oxygen atoms in total. The maximum absolute atomic E-state index is 12.3. The lowest BCUT2D eigenvalue weighted by molar-refractivity contribution is 0.0925. The molecule has 0 aliphatic carbocycles. The van der Waals surface area contributed by atoms with Crippen LogP contribution in [-0.4, -0.2) is 15.7 Å². The zero-order valence-electron chi connectivity index (χ0n) is 10.9. The van der Waals surface area contributed by atoms with E-state index in [2.05, 4.69) is 39.9 Å². The molecule has 5 heteroatoms. The van der Waals surface area contributed by atoms with Crippen LogP contribution in [0.1, 0.15) is 35.4 Å². The normalized spacial score (nSPS) is 12.2. The number of aromatic nitrogens is 2. The van der Waals surface area contributed by atoms with Crippen LogP contribution >= 0.6 is 22.6 Å². The highest BCUT2D eigenvalue weighted by Gasteiger charge is 2.19. The Bertz CT molecular complexity index is 546. The van der Waals surface area contributed by atoms with Gasteiger partial charge in [-0.1, -0.05) is 37.3 Å². The van der Waals surface area contributed by atoms with Gasteiger partial charge in [0.15, 0.2) is 0 Å². The van der Waals surface area contributed by atoms with Crippen molar-refractivity contribution in [2.45, 2.75) is 19.4 Å². The Balaban J connectivity index is 2.18. The van der Waals surface area contributed by atoms with Crippen LogP contribution in [0.25, 0.3) is 0 Å². The van der Waals surface area contributed by atoms with Gasteiger partial charge in [-0.2, -0.15) is 5.10 Å². The molecule has 0 radical (unpaired) electrons. The molecule has 1 aromatic carbocycles. The standard InChI is InChI=1S/C14H16IN3O/c1-3-12(10-7-5-4-6-8-10)17-14(19)13-11(15)9-16-18(13)2/h4-9,12H,3H2,1-2H3,(H,17,19). The number of hydrogen-bond donors (Lipinski definition) is 1. The highest BCUT2D eigenvalue weighted by molar-refractivity contribution is 14.1. The minimum absolute atomic E-state index is 0.0272. The topological polar surface area (TPSA) is 46.9 Å². The first-order valence-corrected chi connectivity index (χ1v) is 7.24. The molecule has 0 saturated carbocycles. The van der Waals surface area contributed by atoms with Gasteiger partial charge in [-0.15, -0.1) is 0 Å². The second-order valence-corrected chi connectivity index (χ2v) is 5.47. The molecule has 19 heavy (non-hydrogen) atoms. The molecule has 1 N–H and O–H groups in total. The van der Waals surface area contributed by atoms with Crippen molar-refractivity contribution in [3.63, 3.8) is 0 Å². The van der Waals surface area contributed by atoms with Crippen molar-refractivity contribution in [3.8, 4) is 0 Å². The Hall–Kier alpha value is -1.37. The summed E-state index contributed by atoms with van der Waals surface area (Å²) < 4.78 is 2.47. The molecular formula is C14H16IN3O. The summed E-state index contributed by atoms with van der Waals surface area (Å²) in [5, 5.41) is 7.15. The summed E-state index contributed by atoms with van der Waals surface area (Å²) >= 11 is 2.13. The Kier molecular flexibility index (Phi) is 4.57. The quantitative estimate of drug-likeness (QED) is 0.843. The number of halogens is 1. The van der Waals surface area contributed by atoms with Gasteiger partial charge in [0.1, 0.15) is 5.69 Å². The highest BCUT2D eigenvalue weighted by Crippen LogP contribution is 2.18. The van der Waals surface area contributed by atoms with Crippen molar-refractivity contribution in [1.82, 2.24) is 15.1 Å². The predicted octanol–water partition coefficient (Wildman–Crippen LogP) is 2.91. The van der Waals surface area contributed by atoms with E-state index in [9.17, 15) is 4.79 Å². The zero-order valence-corrected chi connectivity index (χ0v) is 13.1. The maximum atomic E-state index is 12.3. The number of aryl methyl sites for hydroxylation is 1. The van der Waals surface area contributed by atoms with Gasteiger partial charge in [-0.25, -0.2) is 0 Å². The molecule has 100 valence electrons. The van der Waals surface area contributed by atoms with Crippen molar-refractivity contribution < 1.29 is 4.79 Å². The molecule has 0 saturated heterocycles. The van der Waals surface area contributed by atoms with Gasteiger partial charge in [-0.3, -0.25) is 9.48 Å². The Morgan fingerprint density at radius 1 is 1.42 bits per heavy atom. The van der Waals surface area contributed by atoms with Crippen molar-refractivity contribution >= 4 is 28.5 Å². The second kappa shape index (κ2) is 6.18. The van der Waals surface area contributed by atoms with Gasteiger partial charge in [0, 0.05) is 7.05 Å². The largest absolute Gasteiger partial charge is 0.344 e. The fourth-order valence-electron chi connectivity index (χ4n) is 2.00. The van der Waals surface area contributed by atoms with Crippen molar-refractivity contribution in [1.29, 1.82) is 0 Å². The maximum Gasteiger partial charge on any atom is 0.271 e. The minimum atomic E-state index is -0.0832. The van der Waals surface area contributed by atoms with Crippen LogP contribution in [-0.2, 0) is 7.05 Å². The summed E-state index contributed by atoms with van der Waals surface area (Å²) in [6.45, 7) is 2.06. The fourth-order valence-corrected chi connectivity index (χ4v) is 2.72. The summed E-state index contributed by atoms with van der Waals surface area (Å²) in [7, 11) is 1.78. The number of nitrogens with zero attached hydrogens (tertiary/aromatic N) is 2. The van der Waals surface area contributed by atoms with E-state index in [0.29, 0.717) is 5.69 Å². The van der Waals surface area contributed by atoms with Gasteiger partial charge in [0.05, 0.1) is 15.8 Å². The van der Waals surface area contributed by atoms with E-state index in [-0.39, 0.29) is 11.9 Å². The number of carbonyl (C=O) groups excluding carboxylic acids is 1. The molecular weight excluding hydrogens is 353 g/mol. The number of hydrogen-bond acceptors (Lipinski definition) is 2. The van der Waals surface area contributed by atoms with Crippen LogP contribution in [0.2, 0.25) is 0 Å². The lowest BCUT2D eigenvalue weighted by Crippen LogP contribution is -2.30. The van der Waals surface area contributed by atoms with Crippen LogP contribution in [0.5, 0.6) is 0 Å². The number of nitrogens with one attached hydrogen (secondary N) is 1. The van der Waals surface area contributed by atoms with Gasteiger partial charge < -0.3 is 5.32 Å². The average Bonchev–Trinajstić information content (AvgIpc) is 2.76. The first-order chi connectivity index (χ1) is 9.13. The second-order valence-electron chi connectivity index (χ2n) is 4.31. The molecule has 1 unspecified atom stereocenters.